The van der Waals surface area contributed by atoms with Crippen LogP contribution in [0.3, 0.4) is 0 Å². The van der Waals surface area contributed by atoms with Gasteiger partial charge >= 0.3 is 5.97 Å². The predicted octanol–water partition coefficient (Wildman–Crippen LogP) is 5.34. The van der Waals surface area contributed by atoms with Gasteiger partial charge in [-0.1, -0.05) is 42.4 Å². The van der Waals surface area contributed by atoms with Crippen LogP contribution in [0.15, 0.2) is 9.05 Å². The van der Waals surface area contributed by atoms with Crippen molar-refractivity contribution >= 4 is 5.97 Å². The average molecular weight is 419 g/mol. The Kier molecular flexibility index (Phi) is 8.08. The molecule has 2 heterocycles. The first kappa shape index (κ1) is 22.5. The average Bonchev–Trinajstić information content (AvgIpc) is 3.49. The normalized spacial score (nSPS) is 17.6. The standard InChI is InChI=1S/C12H17NO3.C11H17NO2/c1-3-15-12(14)10-8(2)16-13-11(10)9-6-4-5-7-9;1-8-10(7-13)11(12-14-8)9-5-3-2-4-6-9/h9H,3-7H2,1-2H3;9,13H,2-7H2,1H3. The maximum absolute atomic E-state index is 11.8. The summed E-state index contributed by atoms with van der Waals surface area (Å²) in [5, 5.41) is 17.3. The van der Waals surface area contributed by atoms with E-state index in [1.807, 2.05) is 6.92 Å². The second-order valence-corrected chi connectivity index (χ2v) is 8.30. The molecule has 0 aliphatic heterocycles. The Balaban J connectivity index is 0.000000172. The van der Waals surface area contributed by atoms with E-state index in [9.17, 15) is 9.90 Å². The minimum Gasteiger partial charge on any atom is -0.462 e. The number of carbonyl (C=O) groups is 1. The number of aryl methyl sites for hydroxylation is 2. The lowest BCUT2D eigenvalue weighted by molar-refractivity contribution is 0.0522. The van der Waals surface area contributed by atoms with Gasteiger partial charge in [0.25, 0.3) is 0 Å². The molecule has 4 rings (SSSR count). The van der Waals surface area contributed by atoms with Crippen LogP contribution in [0.4, 0.5) is 0 Å². The Morgan fingerprint density at radius 3 is 2.07 bits per heavy atom. The fourth-order valence-electron chi connectivity index (χ4n) is 4.62. The van der Waals surface area contributed by atoms with Gasteiger partial charge in [0.1, 0.15) is 22.8 Å². The van der Waals surface area contributed by atoms with Crippen molar-refractivity contribution in [3.63, 3.8) is 0 Å². The van der Waals surface area contributed by atoms with Crippen LogP contribution >= 0.6 is 0 Å². The summed E-state index contributed by atoms with van der Waals surface area (Å²) in [5.74, 6) is 1.93. The molecular weight excluding hydrogens is 384 g/mol. The van der Waals surface area contributed by atoms with Crippen LogP contribution in [0.5, 0.6) is 0 Å². The molecule has 0 spiro atoms. The quantitative estimate of drug-likeness (QED) is 0.654. The lowest BCUT2D eigenvalue weighted by Gasteiger charge is -2.19. The number of aromatic nitrogens is 2. The van der Waals surface area contributed by atoms with Crippen LogP contribution in [0.1, 0.15) is 115 Å². The van der Waals surface area contributed by atoms with Crippen molar-refractivity contribution in [2.24, 2.45) is 0 Å². The first-order valence-electron chi connectivity index (χ1n) is 11.3. The minimum absolute atomic E-state index is 0.0567. The largest absolute Gasteiger partial charge is 0.462 e. The van der Waals surface area contributed by atoms with E-state index in [-0.39, 0.29) is 12.6 Å². The number of hydrogen-bond acceptors (Lipinski definition) is 7. The smallest absolute Gasteiger partial charge is 0.343 e. The summed E-state index contributed by atoms with van der Waals surface area (Å²) in [6.07, 6.45) is 10.9. The van der Waals surface area contributed by atoms with Gasteiger partial charge < -0.3 is 18.9 Å². The van der Waals surface area contributed by atoms with Gasteiger partial charge in [-0.3, -0.25) is 0 Å². The maximum Gasteiger partial charge on any atom is 0.343 e. The third-order valence-corrected chi connectivity index (χ3v) is 6.28. The molecule has 1 N–H and O–H groups in total. The zero-order chi connectivity index (χ0) is 21.5. The number of hydrogen-bond donors (Lipinski definition) is 1. The first-order valence-corrected chi connectivity index (χ1v) is 11.3. The number of carbonyl (C=O) groups excluding carboxylic acids is 1. The number of aliphatic hydroxyl groups is 1. The molecule has 2 fully saturated rings. The summed E-state index contributed by atoms with van der Waals surface area (Å²) in [6, 6.07) is 0. The molecule has 2 aromatic heterocycles. The highest BCUT2D eigenvalue weighted by Crippen LogP contribution is 2.36. The summed E-state index contributed by atoms with van der Waals surface area (Å²) in [4.78, 5) is 11.8. The Labute approximate surface area is 178 Å². The van der Waals surface area contributed by atoms with Crippen LogP contribution in [0.2, 0.25) is 0 Å². The fourth-order valence-corrected chi connectivity index (χ4v) is 4.62. The topological polar surface area (TPSA) is 98.6 Å². The van der Waals surface area contributed by atoms with Gasteiger partial charge in [0.2, 0.25) is 0 Å². The summed E-state index contributed by atoms with van der Waals surface area (Å²) < 4.78 is 15.3. The molecule has 166 valence electrons. The van der Waals surface area contributed by atoms with E-state index >= 15 is 0 Å². The Bertz CT molecular complexity index is 814. The molecule has 0 amide bonds. The summed E-state index contributed by atoms with van der Waals surface area (Å²) in [6.45, 7) is 5.87. The van der Waals surface area contributed by atoms with E-state index in [2.05, 4.69) is 10.3 Å². The Morgan fingerprint density at radius 2 is 1.47 bits per heavy atom. The summed E-state index contributed by atoms with van der Waals surface area (Å²) >= 11 is 0. The second kappa shape index (κ2) is 10.8. The lowest BCUT2D eigenvalue weighted by atomic mass is 9.85. The number of aliphatic hydroxyl groups excluding tert-OH is 1. The molecule has 7 heteroatoms. The molecule has 0 saturated heterocycles. The van der Waals surface area contributed by atoms with E-state index < -0.39 is 0 Å². The fraction of sp³-hybridized carbons (Fsp3) is 0.696. The molecule has 0 unspecified atom stereocenters. The van der Waals surface area contributed by atoms with Crippen LogP contribution in [0, 0.1) is 13.8 Å². The Morgan fingerprint density at radius 1 is 0.933 bits per heavy atom. The third-order valence-electron chi connectivity index (χ3n) is 6.28. The number of esters is 1. The summed E-state index contributed by atoms with van der Waals surface area (Å²) in [7, 11) is 0. The predicted molar refractivity (Wildman–Crippen MR) is 111 cm³/mol. The van der Waals surface area contributed by atoms with Gasteiger partial charge in [-0.2, -0.15) is 0 Å². The van der Waals surface area contributed by atoms with Crippen LogP contribution < -0.4 is 0 Å². The molecule has 2 aliphatic carbocycles. The highest BCUT2D eigenvalue weighted by atomic mass is 16.5. The van der Waals surface area contributed by atoms with Crippen LogP contribution in [0.25, 0.3) is 0 Å². The Hall–Kier alpha value is -2.15. The van der Waals surface area contributed by atoms with Crippen LogP contribution in [-0.2, 0) is 11.3 Å². The van der Waals surface area contributed by atoms with Gasteiger partial charge in [-0.15, -0.1) is 0 Å². The number of rotatable bonds is 5. The lowest BCUT2D eigenvalue weighted by Crippen LogP contribution is -2.09. The van der Waals surface area contributed by atoms with E-state index in [4.69, 9.17) is 13.8 Å². The highest BCUT2D eigenvalue weighted by molar-refractivity contribution is 5.91. The zero-order valence-corrected chi connectivity index (χ0v) is 18.4. The molecule has 0 radical (unpaired) electrons. The van der Waals surface area contributed by atoms with Crippen molar-refractivity contribution in [1.29, 1.82) is 0 Å². The van der Waals surface area contributed by atoms with Crippen molar-refractivity contribution in [3.05, 3.63) is 34.0 Å². The minimum atomic E-state index is -0.303. The molecule has 0 bridgehead atoms. The molecule has 2 saturated carbocycles. The van der Waals surface area contributed by atoms with Gasteiger partial charge in [0.15, 0.2) is 0 Å². The molecule has 0 aromatic carbocycles. The molecule has 2 aromatic rings. The molecule has 2 aliphatic rings. The second-order valence-electron chi connectivity index (χ2n) is 8.30. The monoisotopic (exact) mass is 418 g/mol. The third kappa shape index (κ3) is 5.12. The van der Waals surface area contributed by atoms with E-state index in [1.165, 1.54) is 44.9 Å². The molecule has 30 heavy (non-hydrogen) atoms. The van der Waals surface area contributed by atoms with E-state index in [0.29, 0.717) is 29.8 Å². The van der Waals surface area contributed by atoms with Gasteiger partial charge in [-0.25, -0.2) is 4.79 Å². The molecule has 7 nitrogen and oxygen atoms in total. The highest BCUT2D eigenvalue weighted by Gasteiger charge is 2.29. The van der Waals surface area contributed by atoms with E-state index in [0.717, 1.165) is 35.6 Å². The van der Waals surface area contributed by atoms with Crippen LogP contribution in [-0.4, -0.2) is 28.0 Å². The van der Waals surface area contributed by atoms with Crippen molar-refractivity contribution in [1.82, 2.24) is 10.3 Å². The number of ether oxygens (including phenoxy) is 1. The molecule has 0 atom stereocenters. The number of nitrogens with zero attached hydrogens (tertiary/aromatic N) is 2. The van der Waals surface area contributed by atoms with E-state index in [1.54, 1.807) is 13.8 Å². The zero-order valence-electron chi connectivity index (χ0n) is 18.4. The molecular formula is C23H34N2O5. The summed E-state index contributed by atoms with van der Waals surface area (Å²) in [5.41, 5.74) is 3.27. The SMILES string of the molecule is CCOC(=O)c1c(C2CCCC2)noc1C.Cc1onc(C2CCCCC2)c1CO. The van der Waals surface area contributed by atoms with Gasteiger partial charge in [0.05, 0.1) is 18.9 Å². The van der Waals surface area contributed by atoms with Crippen molar-refractivity contribution in [3.8, 4) is 0 Å². The first-order chi connectivity index (χ1) is 14.6. The van der Waals surface area contributed by atoms with Crippen molar-refractivity contribution in [2.75, 3.05) is 6.61 Å². The van der Waals surface area contributed by atoms with Crippen molar-refractivity contribution < 1.29 is 23.7 Å². The maximum atomic E-state index is 11.8. The van der Waals surface area contributed by atoms with Gasteiger partial charge in [0, 0.05) is 17.4 Å². The van der Waals surface area contributed by atoms with Gasteiger partial charge in [-0.05, 0) is 46.5 Å². The van der Waals surface area contributed by atoms with Crippen molar-refractivity contribution in [2.45, 2.75) is 97.0 Å².